The number of amides is 1. The van der Waals surface area contributed by atoms with E-state index in [-0.39, 0.29) is 23.0 Å². The maximum atomic E-state index is 12.9. The number of aromatic nitrogens is 2. The second-order valence-electron chi connectivity index (χ2n) is 9.53. The molecule has 1 aliphatic heterocycles. The molecule has 1 fully saturated rings. The molecule has 0 aliphatic carbocycles. The molecule has 5 nitrogen and oxygen atoms in total. The number of nitrogens with one attached hydrogen (secondary N) is 3. The SMILES string of the molecule is CC1(C)CC(NC(=O)c2ccc(-c3nc4cc(Cl)c(Cl)cc4[nH]3)c(Br)c2)CC(C)(C)N1. The molecular weight excluding hydrogens is 499 g/mol. The highest BCUT2D eigenvalue weighted by atomic mass is 79.9. The van der Waals surface area contributed by atoms with Crippen molar-refractivity contribution in [3.8, 4) is 11.4 Å². The maximum absolute atomic E-state index is 12.9. The molecule has 31 heavy (non-hydrogen) atoms. The van der Waals surface area contributed by atoms with Crippen molar-refractivity contribution in [3.63, 3.8) is 0 Å². The number of nitrogens with zero attached hydrogens (tertiary/aromatic N) is 1. The monoisotopic (exact) mass is 522 g/mol. The topological polar surface area (TPSA) is 69.8 Å². The highest BCUT2D eigenvalue weighted by Crippen LogP contribution is 2.33. The van der Waals surface area contributed by atoms with Gasteiger partial charge in [-0.15, -0.1) is 0 Å². The first-order valence-electron chi connectivity index (χ1n) is 10.2. The lowest BCUT2D eigenvalue weighted by Gasteiger charge is -2.46. The van der Waals surface area contributed by atoms with E-state index in [4.69, 9.17) is 23.2 Å². The van der Waals surface area contributed by atoms with Gasteiger partial charge in [0.1, 0.15) is 5.82 Å². The number of carbonyl (C=O) groups is 1. The van der Waals surface area contributed by atoms with Crippen LogP contribution in [0, 0.1) is 0 Å². The third kappa shape index (κ3) is 4.92. The lowest BCUT2D eigenvalue weighted by Crippen LogP contribution is -2.62. The molecule has 8 heteroatoms. The first kappa shape index (κ1) is 22.6. The highest BCUT2D eigenvalue weighted by Gasteiger charge is 2.38. The summed E-state index contributed by atoms with van der Waals surface area (Å²) >= 11 is 15.8. The number of piperidine rings is 1. The average molecular weight is 524 g/mol. The van der Waals surface area contributed by atoms with Gasteiger partial charge in [0, 0.05) is 32.7 Å². The fourth-order valence-electron chi connectivity index (χ4n) is 4.67. The van der Waals surface area contributed by atoms with E-state index in [1.165, 1.54) is 0 Å². The van der Waals surface area contributed by atoms with Crippen molar-refractivity contribution in [1.82, 2.24) is 20.6 Å². The zero-order valence-electron chi connectivity index (χ0n) is 17.9. The minimum absolute atomic E-state index is 0.0305. The van der Waals surface area contributed by atoms with Crippen LogP contribution in [0.1, 0.15) is 50.9 Å². The van der Waals surface area contributed by atoms with Gasteiger partial charge in [-0.25, -0.2) is 4.98 Å². The Hall–Kier alpha value is -1.60. The summed E-state index contributed by atoms with van der Waals surface area (Å²) in [6.45, 7) is 8.69. The van der Waals surface area contributed by atoms with Gasteiger partial charge in [0.05, 0.1) is 21.1 Å². The van der Waals surface area contributed by atoms with Crippen LogP contribution in [-0.2, 0) is 0 Å². The minimum atomic E-state index is -0.0751. The second kappa shape index (κ2) is 8.07. The summed E-state index contributed by atoms with van der Waals surface area (Å²) in [7, 11) is 0. The van der Waals surface area contributed by atoms with E-state index in [2.05, 4.69) is 64.2 Å². The van der Waals surface area contributed by atoms with Crippen LogP contribution in [0.4, 0.5) is 0 Å². The Morgan fingerprint density at radius 3 is 2.39 bits per heavy atom. The number of benzene rings is 2. The van der Waals surface area contributed by atoms with E-state index >= 15 is 0 Å². The highest BCUT2D eigenvalue weighted by molar-refractivity contribution is 9.10. The smallest absolute Gasteiger partial charge is 0.251 e. The predicted octanol–water partition coefficient (Wildman–Crippen LogP) is 6.34. The molecule has 1 aliphatic rings. The van der Waals surface area contributed by atoms with Crippen LogP contribution in [0.2, 0.25) is 10.0 Å². The number of imidazole rings is 1. The Balaban J connectivity index is 1.55. The summed E-state index contributed by atoms with van der Waals surface area (Å²) in [5.74, 6) is 0.600. The Kier molecular flexibility index (Phi) is 5.88. The van der Waals surface area contributed by atoms with Crippen molar-refractivity contribution < 1.29 is 4.79 Å². The quantitative estimate of drug-likeness (QED) is 0.375. The molecule has 0 bridgehead atoms. The van der Waals surface area contributed by atoms with E-state index in [0.29, 0.717) is 21.4 Å². The van der Waals surface area contributed by atoms with Gasteiger partial charge in [0.2, 0.25) is 0 Å². The van der Waals surface area contributed by atoms with Gasteiger partial charge in [-0.05, 0) is 70.9 Å². The lowest BCUT2D eigenvalue weighted by molar-refractivity contribution is 0.0873. The van der Waals surface area contributed by atoms with E-state index in [1.807, 2.05) is 18.2 Å². The number of halogens is 3. The number of H-pyrrole nitrogens is 1. The first-order chi connectivity index (χ1) is 14.4. The third-order valence-corrected chi connectivity index (χ3v) is 6.91. The number of hydrogen-bond donors (Lipinski definition) is 3. The second-order valence-corrected chi connectivity index (χ2v) is 11.2. The van der Waals surface area contributed by atoms with Crippen LogP contribution in [-0.4, -0.2) is 33.0 Å². The number of rotatable bonds is 3. The average Bonchev–Trinajstić information content (AvgIpc) is 3.01. The molecule has 1 saturated heterocycles. The summed E-state index contributed by atoms with van der Waals surface area (Å²) in [5, 5.41) is 7.79. The molecule has 164 valence electrons. The largest absolute Gasteiger partial charge is 0.349 e. The van der Waals surface area contributed by atoms with Crippen molar-refractivity contribution in [2.75, 3.05) is 0 Å². The molecule has 3 N–H and O–H groups in total. The van der Waals surface area contributed by atoms with Gasteiger partial charge >= 0.3 is 0 Å². The maximum Gasteiger partial charge on any atom is 0.251 e. The van der Waals surface area contributed by atoms with Gasteiger partial charge in [0.15, 0.2) is 0 Å². The number of fused-ring (bicyclic) bond motifs is 1. The molecule has 1 amide bonds. The summed E-state index contributed by atoms with van der Waals surface area (Å²) in [5.41, 5.74) is 2.92. The van der Waals surface area contributed by atoms with E-state index < -0.39 is 0 Å². The third-order valence-electron chi connectivity index (χ3n) is 5.54. The molecule has 0 unspecified atom stereocenters. The molecule has 1 aromatic heterocycles. The molecule has 0 atom stereocenters. The van der Waals surface area contributed by atoms with E-state index in [0.717, 1.165) is 33.9 Å². The fourth-order valence-corrected chi connectivity index (χ4v) is 5.56. The number of carbonyl (C=O) groups excluding carboxylic acids is 1. The van der Waals surface area contributed by atoms with Gasteiger partial charge < -0.3 is 15.6 Å². The van der Waals surface area contributed by atoms with Crippen LogP contribution >= 0.6 is 39.1 Å². The summed E-state index contributed by atoms with van der Waals surface area (Å²) in [6.07, 6.45) is 1.76. The Morgan fingerprint density at radius 2 is 1.74 bits per heavy atom. The first-order valence-corrected chi connectivity index (χ1v) is 11.7. The van der Waals surface area contributed by atoms with Crippen LogP contribution in [0.15, 0.2) is 34.8 Å². The minimum Gasteiger partial charge on any atom is -0.349 e. The van der Waals surface area contributed by atoms with Crippen molar-refractivity contribution >= 4 is 56.1 Å². The van der Waals surface area contributed by atoms with Crippen molar-refractivity contribution in [3.05, 3.63) is 50.4 Å². The fraction of sp³-hybridized carbons (Fsp3) is 0.391. The van der Waals surface area contributed by atoms with Crippen LogP contribution < -0.4 is 10.6 Å². The van der Waals surface area contributed by atoms with Crippen molar-refractivity contribution in [2.24, 2.45) is 0 Å². The van der Waals surface area contributed by atoms with Crippen molar-refractivity contribution in [1.29, 1.82) is 0 Å². The molecular formula is C23H25BrCl2N4O. The Labute approximate surface area is 200 Å². The molecule has 0 spiro atoms. The number of aromatic amines is 1. The summed E-state index contributed by atoms with van der Waals surface area (Å²) in [6, 6.07) is 9.14. The lowest BCUT2D eigenvalue weighted by atomic mass is 9.79. The molecule has 4 rings (SSSR count). The molecule has 2 aromatic carbocycles. The van der Waals surface area contributed by atoms with Gasteiger partial charge in [0.25, 0.3) is 5.91 Å². The van der Waals surface area contributed by atoms with Gasteiger partial charge in [-0.2, -0.15) is 0 Å². The summed E-state index contributed by atoms with van der Waals surface area (Å²) < 4.78 is 0.780. The standard InChI is InChI=1S/C23H25BrCl2N4O/c1-22(2)10-13(11-23(3,4)30-22)27-21(31)12-5-6-14(15(24)7-12)20-28-18-8-16(25)17(26)9-19(18)29-20/h5-9,13,30H,10-11H2,1-4H3,(H,27,31)(H,28,29). The van der Waals surface area contributed by atoms with Crippen LogP contribution in [0.5, 0.6) is 0 Å². The van der Waals surface area contributed by atoms with Crippen LogP contribution in [0.3, 0.4) is 0 Å². The zero-order valence-corrected chi connectivity index (χ0v) is 21.0. The molecule has 3 aromatic rings. The van der Waals surface area contributed by atoms with Gasteiger partial charge in [-0.1, -0.05) is 39.1 Å². The van der Waals surface area contributed by atoms with Crippen molar-refractivity contribution in [2.45, 2.75) is 57.7 Å². The molecule has 0 saturated carbocycles. The van der Waals surface area contributed by atoms with Gasteiger partial charge in [-0.3, -0.25) is 4.79 Å². The van der Waals surface area contributed by atoms with E-state index in [1.54, 1.807) is 12.1 Å². The normalized spacial score (nSPS) is 18.3. The zero-order chi connectivity index (χ0) is 22.6. The summed E-state index contributed by atoms with van der Waals surface area (Å²) in [4.78, 5) is 20.8. The van der Waals surface area contributed by atoms with E-state index in [9.17, 15) is 4.79 Å². The number of hydrogen-bond acceptors (Lipinski definition) is 3. The predicted molar refractivity (Wildman–Crippen MR) is 131 cm³/mol. The molecule has 2 heterocycles. The Morgan fingerprint density at radius 1 is 1.10 bits per heavy atom. The molecule has 0 radical (unpaired) electrons. The Bertz CT molecular complexity index is 1120. The van der Waals surface area contributed by atoms with Crippen LogP contribution in [0.25, 0.3) is 22.4 Å².